The van der Waals surface area contributed by atoms with Crippen LogP contribution in [0, 0.1) is 15.9 Å². The molecule has 0 saturated heterocycles. The molecule has 7 heteroatoms. The van der Waals surface area contributed by atoms with Gasteiger partial charge in [-0.3, -0.25) is 10.1 Å². The quantitative estimate of drug-likeness (QED) is 0.660. The summed E-state index contributed by atoms with van der Waals surface area (Å²) >= 11 is 0. The van der Waals surface area contributed by atoms with Gasteiger partial charge in [0.1, 0.15) is 11.5 Å². The monoisotopic (exact) mass is 276 g/mol. The molecule has 0 aromatic heterocycles. The molecule has 0 radical (unpaired) electrons. The molecule has 0 spiro atoms. The zero-order valence-electron chi connectivity index (χ0n) is 10.0. The Hall–Kier alpha value is -2.96. The van der Waals surface area contributed by atoms with E-state index in [1.54, 1.807) is 0 Å². The van der Waals surface area contributed by atoms with Crippen LogP contribution in [0.15, 0.2) is 42.5 Å². The highest BCUT2D eigenvalue weighted by Crippen LogP contribution is 2.32. The molecule has 102 valence electrons. The van der Waals surface area contributed by atoms with Crippen molar-refractivity contribution in [2.24, 2.45) is 0 Å². The first-order valence-electron chi connectivity index (χ1n) is 5.53. The third-order valence-corrected chi connectivity index (χ3v) is 2.60. The highest BCUT2D eigenvalue weighted by molar-refractivity contribution is 5.98. The number of nitro groups is 1. The lowest BCUT2D eigenvalue weighted by molar-refractivity contribution is -0.383. The van der Waals surface area contributed by atoms with Gasteiger partial charge in [-0.25, -0.2) is 9.18 Å². The number of carbonyl (C=O) groups is 1. The lowest BCUT2D eigenvalue weighted by Gasteiger charge is -2.10. The number of benzene rings is 2. The first-order valence-corrected chi connectivity index (χ1v) is 5.53. The van der Waals surface area contributed by atoms with Crippen LogP contribution in [0.5, 0.6) is 0 Å². The van der Waals surface area contributed by atoms with Gasteiger partial charge in [0.05, 0.1) is 16.2 Å². The average Bonchev–Trinajstić information content (AvgIpc) is 2.41. The summed E-state index contributed by atoms with van der Waals surface area (Å²) in [6.07, 6.45) is 0. The van der Waals surface area contributed by atoms with Crippen LogP contribution < -0.4 is 5.32 Å². The zero-order valence-corrected chi connectivity index (χ0v) is 10.0. The molecule has 0 saturated carbocycles. The van der Waals surface area contributed by atoms with Crippen LogP contribution in [0.3, 0.4) is 0 Å². The second-order valence-corrected chi connectivity index (χ2v) is 3.87. The predicted octanol–water partition coefficient (Wildman–Crippen LogP) is 3.18. The molecule has 2 N–H and O–H groups in total. The first kappa shape index (κ1) is 13.5. The van der Waals surface area contributed by atoms with E-state index < -0.39 is 22.4 Å². The number of aromatic carboxylic acids is 1. The maximum Gasteiger partial charge on any atom is 0.338 e. The third-order valence-electron chi connectivity index (χ3n) is 2.60. The molecule has 0 atom stereocenters. The minimum Gasteiger partial charge on any atom is -0.478 e. The molecular formula is C13H9FN2O4. The van der Waals surface area contributed by atoms with E-state index in [0.29, 0.717) is 0 Å². The van der Waals surface area contributed by atoms with Crippen molar-refractivity contribution in [3.8, 4) is 0 Å². The van der Waals surface area contributed by atoms with Gasteiger partial charge in [0.2, 0.25) is 0 Å². The Morgan fingerprint density at radius 2 is 1.90 bits per heavy atom. The van der Waals surface area contributed by atoms with Crippen LogP contribution in [-0.4, -0.2) is 16.0 Å². The zero-order chi connectivity index (χ0) is 14.7. The fourth-order valence-electron chi connectivity index (χ4n) is 1.70. The highest BCUT2D eigenvalue weighted by Gasteiger charge is 2.22. The summed E-state index contributed by atoms with van der Waals surface area (Å²) in [4.78, 5) is 21.3. The van der Waals surface area contributed by atoms with Crippen molar-refractivity contribution in [2.75, 3.05) is 5.32 Å². The van der Waals surface area contributed by atoms with Crippen molar-refractivity contribution in [1.29, 1.82) is 0 Å². The van der Waals surface area contributed by atoms with Crippen LogP contribution in [0.4, 0.5) is 21.5 Å². The van der Waals surface area contributed by atoms with Gasteiger partial charge in [-0.15, -0.1) is 0 Å². The molecule has 0 fully saturated rings. The van der Waals surface area contributed by atoms with Gasteiger partial charge in [-0.05, 0) is 18.2 Å². The van der Waals surface area contributed by atoms with Crippen molar-refractivity contribution < 1.29 is 19.2 Å². The normalized spacial score (nSPS) is 10.1. The lowest BCUT2D eigenvalue weighted by atomic mass is 10.1. The fraction of sp³-hybridized carbons (Fsp3) is 0. The Morgan fingerprint density at radius 1 is 1.20 bits per heavy atom. The second kappa shape index (κ2) is 5.35. The number of carboxylic acids is 1. The number of hydrogen-bond acceptors (Lipinski definition) is 4. The summed E-state index contributed by atoms with van der Waals surface area (Å²) in [5.74, 6) is -1.98. The summed E-state index contributed by atoms with van der Waals surface area (Å²) < 4.78 is 13.6. The van der Waals surface area contributed by atoms with Gasteiger partial charge in [0, 0.05) is 6.07 Å². The topological polar surface area (TPSA) is 92.5 Å². The summed E-state index contributed by atoms with van der Waals surface area (Å²) in [6.45, 7) is 0. The van der Waals surface area contributed by atoms with Crippen LogP contribution in [-0.2, 0) is 0 Å². The Balaban J connectivity index is 2.57. The minimum absolute atomic E-state index is 0.0377. The van der Waals surface area contributed by atoms with E-state index in [-0.39, 0.29) is 16.9 Å². The number of nitrogens with one attached hydrogen (secondary N) is 1. The molecule has 0 aliphatic rings. The van der Waals surface area contributed by atoms with Crippen LogP contribution in [0.25, 0.3) is 0 Å². The molecule has 2 aromatic rings. The number of nitro benzene ring substituents is 1. The van der Waals surface area contributed by atoms with Crippen LogP contribution >= 0.6 is 0 Å². The highest BCUT2D eigenvalue weighted by atomic mass is 19.1. The van der Waals surface area contributed by atoms with Crippen LogP contribution in [0.1, 0.15) is 10.4 Å². The third kappa shape index (κ3) is 2.56. The molecular weight excluding hydrogens is 267 g/mol. The van der Waals surface area contributed by atoms with E-state index in [9.17, 15) is 19.3 Å². The fourth-order valence-corrected chi connectivity index (χ4v) is 1.70. The van der Waals surface area contributed by atoms with E-state index in [1.165, 1.54) is 30.3 Å². The molecule has 0 aliphatic heterocycles. The van der Waals surface area contributed by atoms with Gasteiger partial charge < -0.3 is 10.4 Å². The number of carboxylic acid groups (broad SMARTS) is 1. The SMILES string of the molecule is O=C(O)c1cccc([N+](=O)[O-])c1Nc1ccccc1F. The molecule has 0 bridgehead atoms. The number of anilines is 2. The maximum atomic E-state index is 13.6. The molecule has 2 aromatic carbocycles. The van der Waals surface area contributed by atoms with E-state index >= 15 is 0 Å². The first-order chi connectivity index (χ1) is 9.50. The van der Waals surface area contributed by atoms with Crippen molar-refractivity contribution in [3.05, 3.63) is 64.0 Å². The molecule has 20 heavy (non-hydrogen) atoms. The molecule has 2 rings (SSSR count). The number of halogens is 1. The van der Waals surface area contributed by atoms with Gasteiger partial charge in [-0.2, -0.15) is 0 Å². The molecule has 0 unspecified atom stereocenters. The van der Waals surface area contributed by atoms with Gasteiger partial charge >= 0.3 is 5.97 Å². The van der Waals surface area contributed by atoms with Crippen molar-refractivity contribution >= 4 is 23.0 Å². The second-order valence-electron chi connectivity index (χ2n) is 3.87. The maximum absolute atomic E-state index is 13.6. The Morgan fingerprint density at radius 3 is 2.50 bits per heavy atom. The smallest absolute Gasteiger partial charge is 0.338 e. The molecule has 6 nitrogen and oxygen atoms in total. The standard InChI is InChI=1S/C13H9FN2O4/c14-9-5-1-2-6-10(9)15-12-8(13(17)18)4-3-7-11(12)16(19)20/h1-7,15H,(H,17,18). The summed E-state index contributed by atoms with van der Waals surface area (Å²) in [5, 5.41) is 22.5. The van der Waals surface area contributed by atoms with Gasteiger partial charge in [-0.1, -0.05) is 18.2 Å². The van der Waals surface area contributed by atoms with E-state index in [2.05, 4.69) is 5.32 Å². The van der Waals surface area contributed by atoms with E-state index in [1.807, 2.05) is 0 Å². The Kier molecular flexibility index (Phi) is 3.60. The predicted molar refractivity (Wildman–Crippen MR) is 69.7 cm³/mol. The Bertz CT molecular complexity index is 656. The molecule has 0 heterocycles. The number of para-hydroxylation sites is 2. The summed E-state index contributed by atoms with van der Waals surface area (Å²) in [7, 11) is 0. The minimum atomic E-state index is -1.34. The summed E-state index contributed by atoms with van der Waals surface area (Å²) in [5.41, 5.74) is -1.03. The van der Waals surface area contributed by atoms with Crippen molar-refractivity contribution in [3.63, 3.8) is 0 Å². The Labute approximate surface area is 112 Å². The average molecular weight is 276 g/mol. The number of hydrogen-bond donors (Lipinski definition) is 2. The van der Waals surface area contributed by atoms with Gasteiger partial charge in [0.15, 0.2) is 0 Å². The number of rotatable bonds is 4. The van der Waals surface area contributed by atoms with Crippen molar-refractivity contribution in [1.82, 2.24) is 0 Å². The van der Waals surface area contributed by atoms with Crippen molar-refractivity contribution in [2.45, 2.75) is 0 Å². The molecule has 0 aliphatic carbocycles. The largest absolute Gasteiger partial charge is 0.478 e. The van der Waals surface area contributed by atoms with Gasteiger partial charge in [0.25, 0.3) is 5.69 Å². The molecule has 0 amide bonds. The van der Waals surface area contributed by atoms with E-state index in [0.717, 1.165) is 12.1 Å². The lowest BCUT2D eigenvalue weighted by Crippen LogP contribution is -2.06. The van der Waals surface area contributed by atoms with Crippen LogP contribution in [0.2, 0.25) is 0 Å². The number of nitrogens with zero attached hydrogens (tertiary/aromatic N) is 1. The summed E-state index contributed by atoms with van der Waals surface area (Å²) in [6, 6.07) is 9.12. The van der Waals surface area contributed by atoms with E-state index in [4.69, 9.17) is 5.11 Å².